The van der Waals surface area contributed by atoms with E-state index in [1.165, 1.54) is 11.3 Å². The minimum absolute atomic E-state index is 0.0126. The van der Waals surface area contributed by atoms with Crippen molar-refractivity contribution in [1.29, 1.82) is 0 Å². The molecule has 2 heterocycles. The highest BCUT2D eigenvalue weighted by Crippen LogP contribution is 2.31. The molecule has 0 aromatic carbocycles. The van der Waals surface area contributed by atoms with Crippen molar-refractivity contribution in [2.75, 3.05) is 6.54 Å². The van der Waals surface area contributed by atoms with E-state index >= 15 is 0 Å². The molecule has 0 spiro atoms. The molecular weight excluding hydrogens is 270 g/mol. The fraction of sp³-hybridized carbons (Fsp3) is 0.533. The summed E-state index contributed by atoms with van der Waals surface area (Å²) in [7, 11) is 0. The number of fused-ring (bicyclic) bond motifs is 1. The summed E-state index contributed by atoms with van der Waals surface area (Å²) in [5, 5.41) is 4.02. The van der Waals surface area contributed by atoms with E-state index in [0.29, 0.717) is 0 Å². The Bertz CT molecular complexity index is 634. The second-order valence-electron chi connectivity index (χ2n) is 5.06. The van der Waals surface area contributed by atoms with Gasteiger partial charge in [0.25, 0.3) is 5.91 Å². The largest absolute Gasteiger partial charge is 0.351 e. The molecule has 0 aliphatic rings. The SMILES string of the molecule is CCCCCNC(=O)c1sc2nc(C)nc(C)c2c1C. The smallest absolute Gasteiger partial charge is 0.261 e. The summed E-state index contributed by atoms with van der Waals surface area (Å²) >= 11 is 1.46. The number of rotatable bonds is 5. The summed E-state index contributed by atoms with van der Waals surface area (Å²) in [5.74, 6) is 0.768. The van der Waals surface area contributed by atoms with Gasteiger partial charge in [-0.15, -0.1) is 11.3 Å². The molecule has 0 unspecified atom stereocenters. The summed E-state index contributed by atoms with van der Waals surface area (Å²) in [4.78, 5) is 22.7. The fourth-order valence-corrected chi connectivity index (χ4v) is 3.54. The van der Waals surface area contributed by atoms with Crippen LogP contribution in [0.4, 0.5) is 0 Å². The highest BCUT2D eigenvalue weighted by atomic mass is 32.1. The lowest BCUT2D eigenvalue weighted by Crippen LogP contribution is -2.24. The zero-order valence-corrected chi connectivity index (χ0v) is 13.4. The van der Waals surface area contributed by atoms with Gasteiger partial charge in [0.15, 0.2) is 0 Å². The van der Waals surface area contributed by atoms with Crippen LogP contribution in [0, 0.1) is 20.8 Å². The third-order valence-electron chi connectivity index (χ3n) is 3.35. The molecule has 0 fully saturated rings. The minimum Gasteiger partial charge on any atom is -0.351 e. The first-order valence-corrected chi connectivity index (χ1v) is 7.88. The molecule has 0 saturated carbocycles. The lowest BCUT2D eigenvalue weighted by Gasteiger charge is -2.03. The van der Waals surface area contributed by atoms with Crippen molar-refractivity contribution >= 4 is 27.5 Å². The van der Waals surface area contributed by atoms with Crippen LogP contribution >= 0.6 is 11.3 Å². The van der Waals surface area contributed by atoms with Crippen molar-refractivity contribution in [1.82, 2.24) is 15.3 Å². The predicted octanol–water partition coefficient (Wildman–Crippen LogP) is 3.54. The molecule has 0 atom stereocenters. The molecule has 5 heteroatoms. The number of unbranched alkanes of at least 4 members (excludes halogenated alkanes) is 2. The molecule has 0 radical (unpaired) electrons. The van der Waals surface area contributed by atoms with Crippen LogP contribution in [0.25, 0.3) is 10.2 Å². The fourth-order valence-electron chi connectivity index (χ4n) is 2.35. The first-order chi connectivity index (χ1) is 9.54. The van der Waals surface area contributed by atoms with Crippen molar-refractivity contribution < 1.29 is 4.79 Å². The molecule has 0 aliphatic heterocycles. The average Bonchev–Trinajstić information content (AvgIpc) is 2.71. The van der Waals surface area contributed by atoms with Crippen LogP contribution in [-0.2, 0) is 0 Å². The van der Waals surface area contributed by atoms with Gasteiger partial charge in [0, 0.05) is 17.6 Å². The van der Waals surface area contributed by atoms with Crippen LogP contribution in [0.3, 0.4) is 0 Å². The zero-order chi connectivity index (χ0) is 14.7. The van der Waals surface area contributed by atoms with Crippen LogP contribution in [0.5, 0.6) is 0 Å². The minimum atomic E-state index is 0.0126. The monoisotopic (exact) mass is 291 g/mol. The first-order valence-electron chi connectivity index (χ1n) is 7.07. The second kappa shape index (κ2) is 6.31. The summed E-state index contributed by atoms with van der Waals surface area (Å²) < 4.78 is 0. The van der Waals surface area contributed by atoms with Crippen molar-refractivity contribution in [3.63, 3.8) is 0 Å². The van der Waals surface area contributed by atoms with Gasteiger partial charge in [-0.25, -0.2) is 9.97 Å². The summed E-state index contributed by atoms with van der Waals surface area (Å²) in [6.45, 7) is 8.73. The molecular formula is C15H21N3OS. The lowest BCUT2D eigenvalue weighted by atomic mass is 10.1. The second-order valence-corrected chi connectivity index (χ2v) is 6.05. The van der Waals surface area contributed by atoms with Crippen LogP contribution in [0.15, 0.2) is 0 Å². The molecule has 1 amide bonds. The summed E-state index contributed by atoms with van der Waals surface area (Å²) in [5.41, 5.74) is 1.95. The van der Waals surface area contributed by atoms with Gasteiger partial charge < -0.3 is 5.32 Å². The topological polar surface area (TPSA) is 54.9 Å². The quantitative estimate of drug-likeness (QED) is 0.857. The standard InChI is InChI=1S/C15H21N3OS/c1-5-6-7-8-16-14(19)13-9(2)12-10(3)17-11(4)18-15(12)20-13/h5-8H2,1-4H3,(H,16,19). The van der Waals surface area contributed by atoms with Gasteiger partial charge in [0.1, 0.15) is 10.7 Å². The molecule has 108 valence electrons. The average molecular weight is 291 g/mol. The van der Waals surface area contributed by atoms with Crippen molar-refractivity contribution in [2.24, 2.45) is 0 Å². The Kier molecular flexibility index (Phi) is 4.70. The zero-order valence-electron chi connectivity index (χ0n) is 12.5. The molecule has 2 rings (SSSR count). The van der Waals surface area contributed by atoms with Gasteiger partial charge >= 0.3 is 0 Å². The van der Waals surface area contributed by atoms with Gasteiger partial charge in [-0.3, -0.25) is 4.79 Å². The number of thiophene rings is 1. The van der Waals surface area contributed by atoms with Crippen LogP contribution in [0.1, 0.15) is 52.9 Å². The van der Waals surface area contributed by atoms with E-state index in [1.54, 1.807) is 0 Å². The van der Waals surface area contributed by atoms with E-state index in [2.05, 4.69) is 22.2 Å². The van der Waals surface area contributed by atoms with E-state index in [4.69, 9.17) is 0 Å². The van der Waals surface area contributed by atoms with E-state index in [9.17, 15) is 4.79 Å². The maximum absolute atomic E-state index is 12.2. The molecule has 4 nitrogen and oxygen atoms in total. The molecule has 1 N–H and O–H groups in total. The van der Waals surface area contributed by atoms with E-state index in [0.717, 1.165) is 58.0 Å². The molecule has 0 saturated heterocycles. The van der Waals surface area contributed by atoms with Gasteiger partial charge in [0.2, 0.25) is 0 Å². The number of carbonyl (C=O) groups excluding carboxylic acids is 1. The molecule has 0 aliphatic carbocycles. The lowest BCUT2D eigenvalue weighted by molar-refractivity contribution is 0.0956. The van der Waals surface area contributed by atoms with Gasteiger partial charge in [-0.2, -0.15) is 0 Å². The number of aromatic nitrogens is 2. The number of nitrogens with zero attached hydrogens (tertiary/aromatic N) is 2. The normalized spacial score (nSPS) is 11.0. The predicted molar refractivity (Wildman–Crippen MR) is 83.5 cm³/mol. The first kappa shape index (κ1) is 14.9. The third kappa shape index (κ3) is 2.98. The number of amides is 1. The Balaban J connectivity index is 2.24. The highest BCUT2D eigenvalue weighted by Gasteiger charge is 2.18. The Morgan fingerprint density at radius 3 is 2.65 bits per heavy atom. The van der Waals surface area contributed by atoms with Crippen molar-refractivity contribution in [3.05, 3.63) is 22.0 Å². The number of nitrogens with one attached hydrogen (secondary N) is 1. The molecule has 20 heavy (non-hydrogen) atoms. The van der Waals surface area contributed by atoms with E-state index in [-0.39, 0.29) is 5.91 Å². The Labute approximate surface area is 123 Å². The van der Waals surface area contributed by atoms with Crippen LogP contribution < -0.4 is 5.32 Å². The maximum atomic E-state index is 12.2. The summed E-state index contributed by atoms with van der Waals surface area (Å²) in [6.07, 6.45) is 3.34. The van der Waals surface area contributed by atoms with E-state index in [1.807, 2.05) is 20.8 Å². The Morgan fingerprint density at radius 2 is 1.95 bits per heavy atom. The van der Waals surface area contributed by atoms with Gasteiger partial charge in [0.05, 0.1) is 4.88 Å². The van der Waals surface area contributed by atoms with Crippen molar-refractivity contribution in [3.8, 4) is 0 Å². The summed E-state index contributed by atoms with van der Waals surface area (Å²) in [6, 6.07) is 0. The number of aryl methyl sites for hydroxylation is 3. The van der Waals surface area contributed by atoms with E-state index < -0.39 is 0 Å². The van der Waals surface area contributed by atoms with Crippen LogP contribution in [0.2, 0.25) is 0 Å². The maximum Gasteiger partial charge on any atom is 0.261 e. The molecule has 2 aromatic heterocycles. The Hall–Kier alpha value is -1.49. The Morgan fingerprint density at radius 1 is 1.20 bits per heavy atom. The van der Waals surface area contributed by atoms with Crippen molar-refractivity contribution in [2.45, 2.75) is 47.0 Å². The highest BCUT2D eigenvalue weighted by molar-refractivity contribution is 7.20. The van der Waals surface area contributed by atoms with Crippen LogP contribution in [-0.4, -0.2) is 22.4 Å². The number of hydrogen-bond acceptors (Lipinski definition) is 4. The number of hydrogen-bond donors (Lipinski definition) is 1. The van der Waals surface area contributed by atoms with Gasteiger partial charge in [-0.05, 0) is 32.8 Å². The molecule has 2 aromatic rings. The van der Waals surface area contributed by atoms with Gasteiger partial charge in [-0.1, -0.05) is 19.8 Å². The molecule has 0 bridgehead atoms. The third-order valence-corrected chi connectivity index (χ3v) is 4.54. The number of carbonyl (C=O) groups is 1.